The number of β-lactam (4-membered cyclic amide) rings is 1. The summed E-state index contributed by atoms with van der Waals surface area (Å²) in [6, 6.07) is -0.897. The summed E-state index contributed by atoms with van der Waals surface area (Å²) in [5.41, 5.74) is 6.41. The van der Waals surface area contributed by atoms with Crippen LogP contribution in [0.25, 0.3) is 0 Å². The van der Waals surface area contributed by atoms with Crippen LogP contribution >= 0.6 is 23.1 Å². The number of nitrogens with zero attached hydrogens (tertiary/aromatic N) is 3. The molecule has 2 aliphatic heterocycles. The molecule has 1 aromatic rings. The van der Waals surface area contributed by atoms with Gasteiger partial charge in [0.15, 0.2) is 5.13 Å². The lowest BCUT2D eigenvalue weighted by Crippen LogP contribution is -2.70. The van der Waals surface area contributed by atoms with Gasteiger partial charge in [-0.2, -0.15) is 0 Å². The summed E-state index contributed by atoms with van der Waals surface area (Å²) in [5, 5.41) is 17.6. The Morgan fingerprint density at radius 2 is 2.21 bits per heavy atom. The van der Waals surface area contributed by atoms with Crippen LogP contribution in [-0.2, 0) is 34.2 Å². The molecule has 0 bridgehead atoms. The van der Waals surface area contributed by atoms with Crippen molar-refractivity contribution in [2.24, 2.45) is 5.16 Å². The summed E-state index contributed by atoms with van der Waals surface area (Å²) in [6.45, 7) is 1.26. The van der Waals surface area contributed by atoms with Crippen molar-refractivity contribution in [2.75, 3.05) is 24.7 Å². The molecule has 2 amide bonds. The summed E-state index contributed by atoms with van der Waals surface area (Å²) >= 11 is 2.63. The molecule has 2 atom stereocenters. The number of oxime groups is 1. The van der Waals surface area contributed by atoms with Crippen molar-refractivity contribution in [1.82, 2.24) is 15.2 Å². The molecule has 0 radical (unpaired) electrons. The van der Waals surface area contributed by atoms with Gasteiger partial charge in [-0.05, 0) is 12.8 Å². The van der Waals surface area contributed by atoms with Gasteiger partial charge < -0.3 is 25.7 Å². The zero-order valence-corrected chi connectivity index (χ0v) is 19.1. The second-order valence-electron chi connectivity index (χ2n) is 7.79. The van der Waals surface area contributed by atoms with Crippen LogP contribution in [-0.4, -0.2) is 75.3 Å². The minimum atomic E-state index is -1.30. The van der Waals surface area contributed by atoms with Crippen molar-refractivity contribution >= 4 is 58.2 Å². The van der Waals surface area contributed by atoms with Gasteiger partial charge >= 0.3 is 11.9 Å². The molecule has 33 heavy (non-hydrogen) atoms. The van der Waals surface area contributed by atoms with E-state index in [0.717, 1.165) is 29.7 Å². The maximum absolute atomic E-state index is 12.6. The molecule has 0 spiro atoms. The van der Waals surface area contributed by atoms with Crippen molar-refractivity contribution in [2.45, 2.75) is 36.6 Å². The number of nitrogens with two attached hydrogens (primary N) is 1. The maximum Gasteiger partial charge on any atom is 0.352 e. The topological polar surface area (TPSA) is 174 Å². The molecule has 1 aromatic heterocycles. The normalized spacial score (nSPS) is 23.1. The van der Waals surface area contributed by atoms with Gasteiger partial charge in [-0.1, -0.05) is 5.16 Å². The van der Waals surface area contributed by atoms with Crippen LogP contribution in [0.5, 0.6) is 0 Å². The van der Waals surface area contributed by atoms with Crippen molar-refractivity contribution in [3.63, 3.8) is 0 Å². The molecule has 3 heterocycles. The van der Waals surface area contributed by atoms with Gasteiger partial charge in [0.2, 0.25) is 0 Å². The molecular formula is C19H21N5O7S2. The molecular weight excluding hydrogens is 474 g/mol. The van der Waals surface area contributed by atoms with E-state index in [2.05, 4.69) is 15.5 Å². The number of fused-ring (bicyclic) bond motifs is 1. The lowest BCUT2D eigenvalue weighted by Gasteiger charge is -2.49. The molecule has 0 aromatic carbocycles. The zero-order valence-electron chi connectivity index (χ0n) is 17.5. The number of carbonyl (C=O) groups excluding carboxylic acids is 3. The first-order chi connectivity index (χ1) is 15.7. The predicted molar refractivity (Wildman–Crippen MR) is 118 cm³/mol. The summed E-state index contributed by atoms with van der Waals surface area (Å²) in [7, 11) is 0. The summed E-state index contributed by atoms with van der Waals surface area (Å²) < 4.78 is 4.89. The van der Waals surface area contributed by atoms with Crippen molar-refractivity contribution in [1.29, 1.82) is 0 Å². The fraction of sp³-hybridized carbons (Fsp3) is 0.474. The second-order valence-corrected chi connectivity index (χ2v) is 9.79. The number of aromatic nitrogens is 1. The number of thioether (sulfide) groups is 1. The lowest BCUT2D eigenvalue weighted by atomic mass is 10.0. The first-order valence-corrected chi connectivity index (χ1v) is 11.9. The second kappa shape index (κ2) is 9.02. The number of carboxylic acid groups (broad SMARTS) is 1. The summed E-state index contributed by atoms with van der Waals surface area (Å²) in [6.07, 6.45) is 2.72. The van der Waals surface area contributed by atoms with Crippen molar-refractivity contribution in [3.8, 4) is 0 Å². The molecule has 4 N–H and O–H groups in total. The van der Waals surface area contributed by atoms with Gasteiger partial charge in [-0.3, -0.25) is 19.3 Å². The molecule has 14 heteroatoms. The zero-order chi connectivity index (χ0) is 23.8. The van der Waals surface area contributed by atoms with Gasteiger partial charge in [0.25, 0.3) is 11.8 Å². The summed E-state index contributed by atoms with van der Waals surface area (Å²) in [5.74, 6) is -2.81. The fourth-order valence-corrected chi connectivity index (χ4v) is 5.59. The SMILES string of the molecule is CC(=O)OCC1=C(C(=O)O)N2C(=O)[C@@H](NC(=O)/C=N\OCC3(c4csc(N)n4)CC3)[C@H]2SC1. The van der Waals surface area contributed by atoms with Gasteiger partial charge in [0, 0.05) is 23.6 Å². The van der Waals surface area contributed by atoms with Gasteiger partial charge in [-0.15, -0.1) is 23.1 Å². The van der Waals surface area contributed by atoms with E-state index in [1.165, 1.54) is 30.0 Å². The highest BCUT2D eigenvalue weighted by molar-refractivity contribution is 8.00. The first-order valence-electron chi connectivity index (χ1n) is 9.92. The monoisotopic (exact) mass is 495 g/mol. The molecule has 3 aliphatic rings. The average molecular weight is 496 g/mol. The van der Waals surface area contributed by atoms with Gasteiger partial charge in [0.1, 0.15) is 36.5 Å². The number of carboxylic acids is 1. The smallest absolute Gasteiger partial charge is 0.352 e. The number of hydrogen-bond acceptors (Lipinski definition) is 11. The molecule has 176 valence electrons. The summed E-state index contributed by atoms with van der Waals surface area (Å²) in [4.78, 5) is 58.2. The molecule has 0 unspecified atom stereocenters. The molecule has 2 fully saturated rings. The van der Waals surface area contributed by atoms with E-state index in [4.69, 9.17) is 15.3 Å². The van der Waals surface area contributed by atoms with Gasteiger partial charge in [-0.25, -0.2) is 9.78 Å². The Morgan fingerprint density at radius 3 is 2.82 bits per heavy atom. The van der Waals surface area contributed by atoms with Crippen LogP contribution in [0, 0.1) is 0 Å². The number of nitrogen functional groups attached to an aromatic ring is 1. The number of aliphatic carboxylic acids is 1. The van der Waals surface area contributed by atoms with Crippen molar-refractivity contribution < 1.29 is 33.9 Å². The molecule has 1 aliphatic carbocycles. The van der Waals surface area contributed by atoms with E-state index in [0.29, 0.717) is 10.7 Å². The van der Waals surface area contributed by atoms with E-state index in [1.807, 2.05) is 5.38 Å². The number of esters is 1. The first kappa shape index (κ1) is 23.0. The number of nitrogens with one attached hydrogen (secondary N) is 1. The Hall–Kier alpha value is -3.13. The number of rotatable bonds is 9. The third kappa shape index (κ3) is 4.66. The highest BCUT2D eigenvalue weighted by Gasteiger charge is 2.54. The van der Waals surface area contributed by atoms with E-state index in [-0.39, 0.29) is 30.1 Å². The number of amides is 2. The number of hydrogen-bond donors (Lipinski definition) is 3. The van der Waals surface area contributed by atoms with Crippen LogP contribution in [0.4, 0.5) is 5.13 Å². The van der Waals surface area contributed by atoms with Crippen LogP contribution in [0.1, 0.15) is 25.5 Å². The molecule has 4 rings (SSSR count). The minimum absolute atomic E-state index is 0.212. The number of anilines is 1. The standard InChI is InChI=1S/C19H21N5O7S2/c1-9(25)30-5-10-6-32-16-13(15(27)24(16)14(10)17(28)29)23-12(26)4-21-31-8-19(2-3-19)11-7-33-18(20)22-11/h4,7,13,16H,2-3,5-6,8H2,1H3,(H2,20,22)(H,23,26)(H,28,29)/b21-4-/t13-,16-/m1/s1. The Morgan fingerprint density at radius 1 is 1.45 bits per heavy atom. The van der Waals surface area contributed by atoms with E-state index in [9.17, 15) is 24.3 Å². The van der Waals surface area contributed by atoms with Gasteiger partial charge in [0.05, 0.1) is 11.1 Å². The fourth-order valence-electron chi connectivity index (χ4n) is 3.58. The third-order valence-electron chi connectivity index (χ3n) is 5.50. The number of ether oxygens (including phenoxy) is 1. The van der Waals surface area contributed by atoms with Crippen LogP contribution < -0.4 is 11.1 Å². The molecule has 1 saturated heterocycles. The quantitative estimate of drug-likeness (QED) is 0.184. The van der Waals surface area contributed by atoms with Crippen LogP contribution in [0.3, 0.4) is 0 Å². The van der Waals surface area contributed by atoms with E-state index >= 15 is 0 Å². The molecule has 1 saturated carbocycles. The highest BCUT2D eigenvalue weighted by Crippen LogP contribution is 2.48. The lowest BCUT2D eigenvalue weighted by molar-refractivity contribution is -0.150. The van der Waals surface area contributed by atoms with E-state index in [1.54, 1.807) is 0 Å². The number of carbonyl (C=O) groups is 4. The largest absolute Gasteiger partial charge is 0.477 e. The Bertz CT molecular complexity index is 1060. The van der Waals surface area contributed by atoms with Crippen LogP contribution in [0.15, 0.2) is 21.8 Å². The number of thiazole rings is 1. The van der Waals surface area contributed by atoms with Crippen LogP contribution in [0.2, 0.25) is 0 Å². The van der Waals surface area contributed by atoms with E-state index < -0.39 is 35.2 Å². The Balaban J connectivity index is 1.30. The average Bonchev–Trinajstić information content (AvgIpc) is 3.44. The van der Waals surface area contributed by atoms with Crippen molar-refractivity contribution in [3.05, 3.63) is 22.3 Å². The highest BCUT2D eigenvalue weighted by atomic mass is 32.2. The predicted octanol–water partition coefficient (Wildman–Crippen LogP) is 0.0610. The maximum atomic E-state index is 12.6. The third-order valence-corrected chi connectivity index (χ3v) is 7.51. The Labute approximate surface area is 196 Å². The minimum Gasteiger partial charge on any atom is -0.477 e. The molecule has 12 nitrogen and oxygen atoms in total. The Kier molecular flexibility index (Phi) is 6.30.